The maximum absolute atomic E-state index is 12.6. The lowest BCUT2D eigenvalue weighted by Crippen LogP contribution is -2.49. The van der Waals surface area contributed by atoms with Crippen molar-refractivity contribution in [3.05, 3.63) is 42.0 Å². The van der Waals surface area contributed by atoms with E-state index in [2.05, 4.69) is 39.0 Å². The molecule has 0 radical (unpaired) electrons. The first-order valence-corrected chi connectivity index (χ1v) is 9.04. The molecular formula is C19H26N6O. The fraction of sp³-hybridized carbons (Fsp3) is 0.474. The SMILES string of the molecule is Cc1cnc(Nc2ccc(C(=O)N3CCN(CC(C)C)CC3)nc2)nc1. The van der Waals surface area contributed by atoms with E-state index in [0.717, 1.165) is 44.0 Å². The first kappa shape index (κ1) is 18.3. The lowest BCUT2D eigenvalue weighted by molar-refractivity contribution is 0.0618. The fourth-order valence-corrected chi connectivity index (χ4v) is 2.99. The second-order valence-electron chi connectivity index (χ2n) is 7.13. The van der Waals surface area contributed by atoms with Crippen LogP contribution in [0.3, 0.4) is 0 Å². The van der Waals surface area contributed by atoms with E-state index in [1.807, 2.05) is 17.9 Å². The van der Waals surface area contributed by atoms with Crippen LogP contribution in [0, 0.1) is 12.8 Å². The molecule has 3 rings (SSSR count). The molecule has 2 aromatic rings. The molecular weight excluding hydrogens is 328 g/mol. The first-order chi connectivity index (χ1) is 12.5. The van der Waals surface area contributed by atoms with Crippen molar-refractivity contribution >= 4 is 17.5 Å². The first-order valence-electron chi connectivity index (χ1n) is 9.04. The van der Waals surface area contributed by atoms with Crippen LogP contribution in [0.1, 0.15) is 29.9 Å². The summed E-state index contributed by atoms with van der Waals surface area (Å²) in [5.41, 5.74) is 2.23. The number of aromatic nitrogens is 3. The van der Waals surface area contributed by atoms with Crippen molar-refractivity contribution in [2.45, 2.75) is 20.8 Å². The minimum absolute atomic E-state index is 0.00710. The van der Waals surface area contributed by atoms with Gasteiger partial charge in [0, 0.05) is 45.1 Å². The summed E-state index contributed by atoms with van der Waals surface area (Å²) in [6.07, 6.45) is 5.14. The van der Waals surface area contributed by atoms with Crippen molar-refractivity contribution in [3.8, 4) is 0 Å². The molecule has 1 amide bonds. The van der Waals surface area contributed by atoms with Gasteiger partial charge in [0.15, 0.2) is 0 Å². The van der Waals surface area contributed by atoms with Crippen LogP contribution in [0.2, 0.25) is 0 Å². The van der Waals surface area contributed by atoms with Crippen LogP contribution >= 0.6 is 0 Å². The van der Waals surface area contributed by atoms with Crippen LogP contribution in [0.5, 0.6) is 0 Å². The van der Waals surface area contributed by atoms with Gasteiger partial charge in [0.25, 0.3) is 5.91 Å². The van der Waals surface area contributed by atoms with Gasteiger partial charge >= 0.3 is 0 Å². The summed E-state index contributed by atoms with van der Waals surface area (Å²) in [6, 6.07) is 3.58. The molecule has 0 aromatic carbocycles. The molecule has 7 heteroatoms. The second kappa shape index (κ2) is 8.23. The van der Waals surface area contributed by atoms with Crippen molar-refractivity contribution in [1.29, 1.82) is 0 Å². The molecule has 0 atom stereocenters. The van der Waals surface area contributed by atoms with E-state index in [0.29, 0.717) is 17.6 Å². The predicted octanol–water partition coefficient (Wildman–Crippen LogP) is 2.34. The van der Waals surface area contributed by atoms with Gasteiger partial charge in [0.1, 0.15) is 5.69 Å². The highest BCUT2D eigenvalue weighted by Gasteiger charge is 2.23. The third-order valence-corrected chi connectivity index (χ3v) is 4.30. The largest absolute Gasteiger partial charge is 0.335 e. The molecule has 2 aromatic heterocycles. The number of pyridine rings is 1. The number of nitrogens with one attached hydrogen (secondary N) is 1. The third-order valence-electron chi connectivity index (χ3n) is 4.30. The number of hydrogen-bond acceptors (Lipinski definition) is 6. The lowest BCUT2D eigenvalue weighted by atomic mass is 10.2. The monoisotopic (exact) mass is 354 g/mol. The third kappa shape index (κ3) is 4.76. The van der Waals surface area contributed by atoms with Crippen molar-refractivity contribution in [2.24, 2.45) is 5.92 Å². The Hall–Kier alpha value is -2.54. The van der Waals surface area contributed by atoms with Crippen molar-refractivity contribution in [2.75, 3.05) is 38.0 Å². The number of rotatable bonds is 5. The molecule has 3 heterocycles. The highest BCUT2D eigenvalue weighted by Crippen LogP contribution is 2.14. The van der Waals surface area contributed by atoms with Gasteiger partial charge in [-0.25, -0.2) is 15.0 Å². The second-order valence-corrected chi connectivity index (χ2v) is 7.13. The van der Waals surface area contributed by atoms with Gasteiger partial charge in [-0.15, -0.1) is 0 Å². The molecule has 0 spiro atoms. The van der Waals surface area contributed by atoms with E-state index in [4.69, 9.17) is 0 Å². The average Bonchev–Trinajstić information content (AvgIpc) is 2.64. The number of carbonyl (C=O) groups excluding carboxylic acids is 1. The van der Waals surface area contributed by atoms with Crippen LogP contribution in [-0.2, 0) is 0 Å². The fourth-order valence-electron chi connectivity index (χ4n) is 2.99. The summed E-state index contributed by atoms with van der Waals surface area (Å²) < 4.78 is 0. The zero-order chi connectivity index (χ0) is 18.5. The van der Waals surface area contributed by atoms with Gasteiger partial charge in [-0.2, -0.15) is 0 Å². The number of carbonyl (C=O) groups is 1. The maximum atomic E-state index is 12.6. The Morgan fingerprint density at radius 3 is 2.35 bits per heavy atom. The van der Waals surface area contributed by atoms with E-state index < -0.39 is 0 Å². The molecule has 1 N–H and O–H groups in total. The predicted molar refractivity (Wildman–Crippen MR) is 101 cm³/mol. The lowest BCUT2D eigenvalue weighted by Gasteiger charge is -2.35. The van der Waals surface area contributed by atoms with Crippen LogP contribution < -0.4 is 5.32 Å². The van der Waals surface area contributed by atoms with E-state index in [1.54, 1.807) is 24.7 Å². The molecule has 1 aliphatic heterocycles. The Morgan fingerprint density at radius 2 is 1.77 bits per heavy atom. The molecule has 0 unspecified atom stereocenters. The molecule has 138 valence electrons. The average molecular weight is 354 g/mol. The standard InChI is InChI=1S/C19H26N6O/c1-14(2)13-24-6-8-25(9-7-24)18(26)17-5-4-16(12-20-17)23-19-21-10-15(3)11-22-19/h4-5,10-12,14H,6-9,13H2,1-3H3,(H,21,22,23). The normalized spacial score (nSPS) is 15.3. The molecule has 0 saturated carbocycles. The maximum Gasteiger partial charge on any atom is 0.272 e. The topological polar surface area (TPSA) is 74.2 Å². The highest BCUT2D eigenvalue weighted by molar-refractivity contribution is 5.92. The summed E-state index contributed by atoms with van der Waals surface area (Å²) in [7, 11) is 0. The summed E-state index contributed by atoms with van der Waals surface area (Å²) in [5, 5.41) is 3.08. The number of piperazine rings is 1. The smallest absolute Gasteiger partial charge is 0.272 e. The van der Waals surface area contributed by atoms with Crippen LogP contribution in [-0.4, -0.2) is 63.4 Å². The van der Waals surface area contributed by atoms with Gasteiger partial charge in [-0.1, -0.05) is 13.8 Å². The van der Waals surface area contributed by atoms with E-state index >= 15 is 0 Å². The Kier molecular flexibility index (Phi) is 5.78. The van der Waals surface area contributed by atoms with Crippen molar-refractivity contribution in [1.82, 2.24) is 24.8 Å². The molecule has 1 saturated heterocycles. The van der Waals surface area contributed by atoms with E-state index in [-0.39, 0.29) is 5.91 Å². The minimum Gasteiger partial charge on any atom is -0.335 e. The van der Waals surface area contributed by atoms with Crippen molar-refractivity contribution < 1.29 is 4.79 Å². The van der Waals surface area contributed by atoms with Gasteiger partial charge in [-0.3, -0.25) is 9.69 Å². The zero-order valence-corrected chi connectivity index (χ0v) is 15.6. The van der Waals surface area contributed by atoms with Gasteiger partial charge in [-0.05, 0) is 30.5 Å². The molecule has 7 nitrogen and oxygen atoms in total. The molecule has 26 heavy (non-hydrogen) atoms. The van der Waals surface area contributed by atoms with Gasteiger partial charge in [0.2, 0.25) is 5.95 Å². The quantitative estimate of drug-likeness (QED) is 0.888. The number of anilines is 2. The minimum atomic E-state index is -0.00710. The van der Waals surface area contributed by atoms with Gasteiger partial charge in [0.05, 0.1) is 11.9 Å². The van der Waals surface area contributed by atoms with Crippen LogP contribution in [0.4, 0.5) is 11.6 Å². The summed E-state index contributed by atoms with van der Waals surface area (Å²) in [4.78, 5) is 29.6. The number of amides is 1. The summed E-state index contributed by atoms with van der Waals surface area (Å²) >= 11 is 0. The van der Waals surface area contributed by atoms with Crippen molar-refractivity contribution in [3.63, 3.8) is 0 Å². The Bertz CT molecular complexity index is 721. The van der Waals surface area contributed by atoms with Gasteiger partial charge < -0.3 is 10.2 Å². The molecule has 1 aliphatic rings. The highest BCUT2D eigenvalue weighted by atomic mass is 16.2. The number of aryl methyl sites for hydroxylation is 1. The number of nitrogens with zero attached hydrogens (tertiary/aromatic N) is 5. The Balaban J connectivity index is 1.56. The zero-order valence-electron chi connectivity index (χ0n) is 15.6. The molecule has 1 fully saturated rings. The molecule has 0 bridgehead atoms. The van der Waals surface area contributed by atoms with Crippen LogP contribution in [0.15, 0.2) is 30.7 Å². The van der Waals surface area contributed by atoms with E-state index in [1.165, 1.54) is 0 Å². The van der Waals surface area contributed by atoms with E-state index in [9.17, 15) is 4.79 Å². The Labute approximate surface area is 154 Å². The Morgan fingerprint density at radius 1 is 1.08 bits per heavy atom. The summed E-state index contributed by atoms with van der Waals surface area (Å²) in [6.45, 7) is 10.8. The van der Waals surface area contributed by atoms with Crippen LogP contribution in [0.25, 0.3) is 0 Å². The summed E-state index contributed by atoms with van der Waals surface area (Å²) in [5.74, 6) is 1.15. The number of hydrogen-bond donors (Lipinski definition) is 1. The molecule has 0 aliphatic carbocycles.